The zero-order valence-electron chi connectivity index (χ0n) is 32.5. The summed E-state index contributed by atoms with van der Waals surface area (Å²) in [6.07, 6.45) is 20.5. The topological polar surface area (TPSA) is 210 Å². The lowest BCUT2D eigenvalue weighted by atomic mass is 9.85. The first kappa shape index (κ1) is 49.8. The summed E-state index contributed by atoms with van der Waals surface area (Å²) in [6, 6.07) is 0. The highest BCUT2D eigenvalue weighted by Gasteiger charge is 2.51. The molecule has 0 heterocycles. The van der Waals surface area contributed by atoms with E-state index in [9.17, 15) is 44.6 Å². The Labute approximate surface area is 322 Å². The van der Waals surface area contributed by atoms with Crippen LogP contribution < -0.4 is 0 Å². The van der Waals surface area contributed by atoms with Crippen molar-refractivity contribution in [2.45, 2.75) is 179 Å². The fourth-order valence-electron chi connectivity index (χ4n) is 5.69. The second-order valence-corrected chi connectivity index (χ2v) is 15.2. The summed E-state index contributed by atoms with van der Waals surface area (Å²) in [6.45, 7) is 3.09. The van der Waals surface area contributed by atoms with Gasteiger partial charge in [0.15, 0.2) is 6.10 Å². The van der Waals surface area contributed by atoms with Crippen molar-refractivity contribution in [2.24, 2.45) is 0 Å². The van der Waals surface area contributed by atoms with Gasteiger partial charge in [0, 0.05) is 12.8 Å². The summed E-state index contributed by atoms with van der Waals surface area (Å²) in [5.41, 5.74) is 0. The standard InChI is InChI=1S/C40H69O13P/c1-3-5-7-9-11-13-15-16-17-18-19-21-22-24-26-28-33(41)50-30-32(52-34(42)29-27-25-23-20-14-12-10-8-6-4-2)31-51-54(48,49)53-40-38(46)36(44)35(43)37(45)39(40)47/h5,7,11,13,16-17,19,21,32,35-40,43-47H,3-4,6,8-10,12,14-15,18,20,22-31H2,1-2H3,(H,48,49)/b7-5+,13-11+,17-16+,21-19+/t32-,35?,36-,37?,38?,39?,40?/m1/s1. The van der Waals surface area contributed by atoms with Crippen LogP contribution in [0.25, 0.3) is 0 Å². The Morgan fingerprint density at radius 3 is 1.61 bits per heavy atom. The summed E-state index contributed by atoms with van der Waals surface area (Å²) in [7, 11) is -5.12. The molecule has 1 aliphatic carbocycles. The van der Waals surface area contributed by atoms with Crippen LogP contribution in [0.1, 0.15) is 136 Å². The summed E-state index contributed by atoms with van der Waals surface area (Å²) in [5.74, 6) is -1.15. The lowest BCUT2D eigenvalue weighted by Gasteiger charge is -2.41. The lowest BCUT2D eigenvalue weighted by molar-refractivity contribution is -0.220. The van der Waals surface area contributed by atoms with Crippen LogP contribution in [0, 0.1) is 0 Å². The van der Waals surface area contributed by atoms with Crippen molar-refractivity contribution in [2.75, 3.05) is 13.2 Å². The van der Waals surface area contributed by atoms with Gasteiger partial charge in [0.05, 0.1) is 6.61 Å². The number of ether oxygens (including phenoxy) is 2. The largest absolute Gasteiger partial charge is 0.472 e. The zero-order chi connectivity index (χ0) is 40.0. The molecule has 6 N–H and O–H groups in total. The van der Waals surface area contributed by atoms with Gasteiger partial charge >= 0.3 is 19.8 Å². The van der Waals surface area contributed by atoms with Crippen LogP contribution in [0.15, 0.2) is 48.6 Å². The molecule has 6 unspecified atom stereocenters. The number of rotatable bonds is 31. The number of carbonyl (C=O) groups excluding carboxylic acids is 2. The summed E-state index contributed by atoms with van der Waals surface area (Å²) in [4.78, 5) is 35.4. The number of aliphatic hydroxyl groups excluding tert-OH is 5. The molecule has 0 radical (unpaired) electrons. The fraction of sp³-hybridized carbons (Fsp3) is 0.750. The third kappa shape index (κ3) is 23.7. The number of hydrogen-bond donors (Lipinski definition) is 6. The summed E-state index contributed by atoms with van der Waals surface area (Å²) in [5, 5.41) is 49.9. The lowest BCUT2D eigenvalue weighted by Crippen LogP contribution is -2.64. The Kier molecular flexibility index (Phi) is 28.6. The molecule has 0 aromatic rings. The number of carbonyl (C=O) groups is 2. The van der Waals surface area contributed by atoms with E-state index in [1.807, 2.05) is 0 Å². The highest BCUT2D eigenvalue weighted by Crippen LogP contribution is 2.47. The number of unbranched alkanes of at least 4 members (excludes halogenated alkanes) is 11. The van der Waals surface area contributed by atoms with Crippen LogP contribution in [0.2, 0.25) is 0 Å². The molecule has 1 rings (SSSR count). The molecular weight excluding hydrogens is 719 g/mol. The predicted molar refractivity (Wildman–Crippen MR) is 207 cm³/mol. The quantitative estimate of drug-likeness (QED) is 0.0194. The van der Waals surface area contributed by atoms with Crippen molar-refractivity contribution in [3.8, 4) is 0 Å². The third-order valence-electron chi connectivity index (χ3n) is 8.93. The van der Waals surface area contributed by atoms with E-state index in [0.29, 0.717) is 12.8 Å². The number of phosphoric acid groups is 1. The predicted octanol–water partition coefficient (Wildman–Crippen LogP) is 6.44. The molecule has 13 nitrogen and oxygen atoms in total. The Hall–Kier alpha value is -2.19. The molecule has 1 saturated carbocycles. The van der Waals surface area contributed by atoms with Gasteiger partial charge in [-0.15, -0.1) is 0 Å². The van der Waals surface area contributed by atoms with E-state index in [1.165, 1.54) is 32.1 Å². The minimum atomic E-state index is -5.12. The highest BCUT2D eigenvalue weighted by molar-refractivity contribution is 7.47. The van der Waals surface area contributed by atoms with Gasteiger partial charge < -0.3 is 39.9 Å². The van der Waals surface area contributed by atoms with E-state index >= 15 is 0 Å². The van der Waals surface area contributed by atoms with Crippen molar-refractivity contribution in [3.05, 3.63) is 48.6 Å². The van der Waals surface area contributed by atoms with Crippen molar-refractivity contribution in [1.29, 1.82) is 0 Å². The SMILES string of the molecule is CC/C=C/C/C=C/C/C=C/C/C=C/CCCCC(=O)OC[C@H](COP(=O)(O)OC1C(O)C(O)C(O)[C@@H](O)C1O)OC(=O)CCCCCCCCCCCC. The van der Waals surface area contributed by atoms with Crippen LogP contribution in [0.4, 0.5) is 0 Å². The number of allylic oxidation sites excluding steroid dienone is 8. The minimum Gasteiger partial charge on any atom is -0.462 e. The smallest absolute Gasteiger partial charge is 0.462 e. The van der Waals surface area contributed by atoms with Crippen molar-refractivity contribution in [1.82, 2.24) is 0 Å². The van der Waals surface area contributed by atoms with Crippen molar-refractivity contribution in [3.63, 3.8) is 0 Å². The van der Waals surface area contributed by atoms with E-state index in [1.54, 1.807) is 0 Å². The molecule has 0 aliphatic heterocycles. The molecule has 8 atom stereocenters. The molecule has 1 fully saturated rings. The van der Waals surface area contributed by atoms with Gasteiger partial charge in [0.2, 0.25) is 0 Å². The second-order valence-electron chi connectivity index (χ2n) is 13.8. The molecule has 0 aromatic heterocycles. The number of aliphatic hydroxyl groups is 5. The number of phosphoric ester groups is 1. The van der Waals surface area contributed by atoms with Gasteiger partial charge in [0.1, 0.15) is 43.2 Å². The molecule has 0 spiro atoms. The molecular formula is C40H69O13P. The van der Waals surface area contributed by atoms with E-state index in [0.717, 1.165) is 64.2 Å². The average molecular weight is 789 g/mol. The van der Waals surface area contributed by atoms with Crippen molar-refractivity contribution >= 4 is 19.8 Å². The zero-order valence-corrected chi connectivity index (χ0v) is 33.4. The maximum absolute atomic E-state index is 12.7. The van der Waals surface area contributed by atoms with Crippen LogP contribution in [-0.4, -0.2) is 98.3 Å². The molecule has 1 aliphatic rings. The first-order chi connectivity index (χ1) is 25.9. The van der Waals surface area contributed by atoms with Gasteiger partial charge in [-0.25, -0.2) is 4.57 Å². The van der Waals surface area contributed by atoms with Crippen LogP contribution >= 0.6 is 7.82 Å². The summed E-state index contributed by atoms with van der Waals surface area (Å²) < 4.78 is 33.3. The second kappa shape index (κ2) is 31.0. The number of esters is 2. The minimum absolute atomic E-state index is 0.0874. The van der Waals surface area contributed by atoms with E-state index in [4.69, 9.17) is 18.5 Å². The molecule has 0 aromatic carbocycles. The Balaban J connectivity index is 2.55. The maximum Gasteiger partial charge on any atom is 0.472 e. The van der Waals surface area contributed by atoms with E-state index in [-0.39, 0.29) is 12.8 Å². The molecule has 312 valence electrons. The molecule has 54 heavy (non-hydrogen) atoms. The van der Waals surface area contributed by atoms with Crippen LogP contribution in [0.5, 0.6) is 0 Å². The van der Waals surface area contributed by atoms with E-state index < -0.39 is 75.7 Å². The van der Waals surface area contributed by atoms with Gasteiger partial charge in [-0.1, -0.05) is 120 Å². The van der Waals surface area contributed by atoms with Gasteiger partial charge in [-0.2, -0.15) is 0 Å². The third-order valence-corrected chi connectivity index (χ3v) is 9.92. The fourth-order valence-corrected chi connectivity index (χ4v) is 6.66. The Bertz CT molecular complexity index is 1140. The summed E-state index contributed by atoms with van der Waals surface area (Å²) >= 11 is 0. The van der Waals surface area contributed by atoms with E-state index in [2.05, 4.69) is 62.5 Å². The maximum atomic E-state index is 12.7. The van der Waals surface area contributed by atoms with Gasteiger partial charge in [0.25, 0.3) is 0 Å². The monoisotopic (exact) mass is 788 g/mol. The Morgan fingerprint density at radius 1 is 0.593 bits per heavy atom. The highest BCUT2D eigenvalue weighted by atomic mass is 31.2. The normalized spacial score (nSPS) is 23.8. The Morgan fingerprint density at radius 2 is 1.06 bits per heavy atom. The molecule has 14 heteroatoms. The van der Waals surface area contributed by atoms with Crippen LogP contribution in [0.3, 0.4) is 0 Å². The first-order valence-electron chi connectivity index (χ1n) is 19.9. The number of hydrogen-bond acceptors (Lipinski definition) is 12. The van der Waals surface area contributed by atoms with Crippen LogP contribution in [-0.2, 0) is 32.7 Å². The first-order valence-corrected chi connectivity index (χ1v) is 21.4. The molecule has 0 amide bonds. The molecule has 0 saturated heterocycles. The van der Waals surface area contributed by atoms with Gasteiger partial charge in [-0.3, -0.25) is 18.6 Å². The average Bonchev–Trinajstić information content (AvgIpc) is 3.15. The van der Waals surface area contributed by atoms with Gasteiger partial charge in [-0.05, 0) is 51.4 Å². The molecule has 0 bridgehead atoms. The van der Waals surface area contributed by atoms with Crippen molar-refractivity contribution < 1.29 is 63.1 Å².